The fourth-order valence-electron chi connectivity index (χ4n) is 7.95. The lowest BCUT2D eigenvalue weighted by molar-refractivity contribution is -0.295. The Bertz CT molecular complexity index is 1680. The molecule has 12 nitrogen and oxygen atoms in total. The van der Waals surface area contributed by atoms with Crippen LogP contribution in [0.3, 0.4) is 0 Å². The number of halogens is 2. The van der Waals surface area contributed by atoms with Crippen LogP contribution in [-0.4, -0.2) is 124 Å². The van der Waals surface area contributed by atoms with Crippen LogP contribution < -0.4 is 0 Å². The Morgan fingerprint density at radius 3 is 2.00 bits per heavy atom. The monoisotopic (exact) mass is 788 g/mol. The first-order valence-electron chi connectivity index (χ1n) is 19.2. The number of ether oxygens (including phenoxy) is 6. The molecule has 2 aromatic rings. The number of methoxy groups -OCH3 is 1. The highest BCUT2D eigenvalue weighted by Gasteiger charge is 2.51. The van der Waals surface area contributed by atoms with Gasteiger partial charge >= 0.3 is 17.9 Å². The number of cyclic esters (lactones) is 1. The van der Waals surface area contributed by atoms with Gasteiger partial charge in [0.15, 0.2) is 18.2 Å². The van der Waals surface area contributed by atoms with Crippen LogP contribution in [-0.2, 0) is 38.0 Å². The number of ketones is 1. The van der Waals surface area contributed by atoms with Crippen molar-refractivity contribution in [1.82, 2.24) is 9.80 Å². The third kappa shape index (κ3) is 11.2. The summed E-state index contributed by atoms with van der Waals surface area (Å²) >= 11 is 0. The fourth-order valence-corrected chi connectivity index (χ4v) is 7.95. The normalized spacial score (nSPS) is 32.9. The van der Waals surface area contributed by atoms with Crippen molar-refractivity contribution >= 4 is 23.7 Å². The third-order valence-corrected chi connectivity index (χ3v) is 11.1. The maximum atomic E-state index is 14.2. The Morgan fingerprint density at radius 2 is 1.46 bits per heavy atom. The van der Waals surface area contributed by atoms with E-state index >= 15 is 0 Å². The Kier molecular flexibility index (Phi) is 15.7. The van der Waals surface area contributed by atoms with Crippen molar-refractivity contribution in [1.29, 1.82) is 0 Å². The molecule has 2 aliphatic heterocycles. The molecule has 0 aromatic heterocycles. The molecular weight excluding hydrogens is 730 g/mol. The summed E-state index contributed by atoms with van der Waals surface area (Å²) in [6.45, 7) is 11.4. The average Bonchev–Trinajstić information content (AvgIpc) is 3.14. The number of likely N-dealkylation sites (N-methyl/N-ethyl adjacent to an activating group) is 2. The number of nitrogens with zero attached hydrogens (tertiary/aromatic N) is 2. The van der Waals surface area contributed by atoms with E-state index in [0.717, 1.165) is 12.1 Å². The molecule has 310 valence electrons. The van der Waals surface area contributed by atoms with Crippen LogP contribution in [0.5, 0.6) is 0 Å². The van der Waals surface area contributed by atoms with Crippen LogP contribution in [0.4, 0.5) is 8.78 Å². The molecule has 2 aromatic carbocycles. The van der Waals surface area contributed by atoms with Crippen molar-refractivity contribution < 1.29 is 56.4 Å². The zero-order valence-electron chi connectivity index (χ0n) is 34.2. The molecule has 2 heterocycles. The molecular formula is C42H58F2N2O10. The quantitative estimate of drug-likeness (QED) is 0.189. The van der Waals surface area contributed by atoms with Gasteiger partial charge in [0.05, 0.1) is 35.0 Å². The van der Waals surface area contributed by atoms with Crippen LogP contribution in [0, 0.1) is 35.3 Å². The number of hydrogen-bond acceptors (Lipinski definition) is 12. The highest BCUT2D eigenvalue weighted by molar-refractivity contribution is 6.00. The lowest BCUT2D eigenvalue weighted by Gasteiger charge is -2.48. The first kappa shape index (κ1) is 44.9. The van der Waals surface area contributed by atoms with Gasteiger partial charge in [-0.25, -0.2) is 18.4 Å². The van der Waals surface area contributed by atoms with Gasteiger partial charge in [-0.2, -0.15) is 0 Å². The van der Waals surface area contributed by atoms with Gasteiger partial charge in [0.2, 0.25) is 0 Å². The topological polar surface area (TPSA) is 130 Å². The van der Waals surface area contributed by atoms with E-state index in [0.29, 0.717) is 19.5 Å². The number of rotatable bonds is 8. The van der Waals surface area contributed by atoms with Crippen LogP contribution in [0.25, 0.3) is 0 Å². The highest BCUT2D eigenvalue weighted by atomic mass is 19.1. The maximum Gasteiger partial charge on any atom is 0.338 e. The summed E-state index contributed by atoms with van der Waals surface area (Å²) in [6.07, 6.45) is -3.90. The molecule has 4 rings (SSSR count). The number of benzene rings is 2. The van der Waals surface area contributed by atoms with E-state index in [1.54, 1.807) is 13.8 Å². The molecule has 0 unspecified atom stereocenters. The summed E-state index contributed by atoms with van der Waals surface area (Å²) < 4.78 is 65.6. The van der Waals surface area contributed by atoms with E-state index in [1.165, 1.54) is 50.4 Å². The molecule has 0 N–H and O–H groups in total. The van der Waals surface area contributed by atoms with Crippen molar-refractivity contribution in [3.63, 3.8) is 0 Å². The lowest BCUT2D eigenvalue weighted by atomic mass is 9.76. The summed E-state index contributed by atoms with van der Waals surface area (Å²) in [5, 5.41) is 0. The number of hydrogen-bond donors (Lipinski definition) is 0. The minimum absolute atomic E-state index is 0.00109. The largest absolute Gasteiger partial charge is 0.464 e. The number of carbonyl (C=O) groups excluding carboxylic acids is 4. The molecule has 2 fully saturated rings. The minimum Gasteiger partial charge on any atom is -0.464 e. The molecule has 2 saturated heterocycles. The molecule has 0 amide bonds. The molecule has 0 aliphatic carbocycles. The van der Waals surface area contributed by atoms with E-state index in [2.05, 4.69) is 0 Å². The standard InChI is InChI=1S/C42H58F2N2O10/c1-24-22-42(6,51-10)37(56-41-36(33(45(7)8)19-26(3)53-41)55-40(50)30-14-12-16-32(44)21-30)27(4)34(47)28(5)38(48)52-18-17-46(9)23-25(2)35(24)54-39(49)29-13-11-15-31(43)20-29/h11-16,20-21,24-28,33,35-37,41H,17-19,22-23H2,1-10H3/t24-,25-,26-,27+,28-,33+,35+,36-,37-,41+,42-/m1/s1. The Labute approximate surface area is 329 Å². The molecule has 0 spiro atoms. The van der Waals surface area contributed by atoms with E-state index in [1.807, 2.05) is 51.7 Å². The second-order valence-electron chi connectivity index (χ2n) is 15.9. The molecule has 0 radical (unpaired) electrons. The number of esters is 3. The molecule has 56 heavy (non-hydrogen) atoms. The second-order valence-corrected chi connectivity index (χ2v) is 15.9. The summed E-state index contributed by atoms with van der Waals surface area (Å²) in [7, 11) is 6.99. The van der Waals surface area contributed by atoms with Crippen molar-refractivity contribution in [2.75, 3.05) is 47.9 Å². The SMILES string of the molecule is CO[C@]1(C)C[C@@H](C)[C@H](OC(=O)c2cccc(F)c2)[C@H](C)CN(C)CCOC(=O)[C@H](C)C(=O)[C@H](C)[C@H]1O[C@@H]1O[C@H](C)C[C@H](N(C)C)[C@H]1OC(=O)c1cccc(F)c1. The number of carbonyl (C=O) groups is 4. The smallest absolute Gasteiger partial charge is 0.338 e. The predicted octanol–water partition coefficient (Wildman–Crippen LogP) is 5.56. The van der Waals surface area contributed by atoms with Gasteiger partial charge in [0.25, 0.3) is 0 Å². The fraction of sp³-hybridized carbons (Fsp3) is 0.619. The summed E-state index contributed by atoms with van der Waals surface area (Å²) in [4.78, 5) is 58.3. The third-order valence-electron chi connectivity index (χ3n) is 11.1. The van der Waals surface area contributed by atoms with E-state index in [-0.39, 0.29) is 36.2 Å². The highest BCUT2D eigenvalue weighted by Crippen LogP contribution is 2.39. The second kappa shape index (κ2) is 19.6. The Balaban J connectivity index is 1.78. The van der Waals surface area contributed by atoms with Crippen molar-refractivity contribution in [3.05, 3.63) is 71.3 Å². The number of Topliss-reactive ketones (excluding diaryl/α,β-unsaturated/α-hetero) is 1. The van der Waals surface area contributed by atoms with Crippen LogP contribution in [0.2, 0.25) is 0 Å². The zero-order chi connectivity index (χ0) is 41.5. The van der Waals surface area contributed by atoms with Crippen molar-refractivity contribution in [2.45, 2.75) is 96.7 Å². The van der Waals surface area contributed by atoms with E-state index < -0.39 is 89.3 Å². The van der Waals surface area contributed by atoms with Crippen LogP contribution >= 0.6 is 0 Å². The van der Waals surface area contributed by atoms with Gasteiger partial charge in [0.1, 0.15) is 30.3 Å². The van der Waals surface area contributed by atoms with Gasteiger partial charge in [-0.3, -0.25) is 9.59 Å². The van der Waals surface area contributed by atoms with Crippen LogP contribution in [0.1, 0.15) is 75.1 Å². The van der Waals surface area contributed by atoms with E-state index in [4.69, 9.17) is 28.4 Å². The first-order valence-corrected chi connectivity index (χ1v) is 19.2. The van der Waals surface area contributed by atoms with Crippen molar-refractivity contribution in [2.24, 2.45) is 23.7 Å². The average molecular weight is 789 g/mol. The van der Waals surface area contributed by atoms with Gasteiger partial charge in [-0.15, -0.1) is 0 Å². The van der Waals surface area contributed by atoms with Gasteiger partial charge < -0.3 is 38.2 Å². The molecule has 14 heteroatoms. The Morgan fingerprint density at radius 1 is 0.893 bits per heavy atom. The summed E-state index contributed by atoms with van der Waals surface area (Å²) in [5.74, 6) is -6.71. The minimum atomic E-state index is -1.32. The van der Waals surface area contributed by atoms with E-state index in [9.17, 15) is 28.0 Å². The van der Waals surface area contributed by atoms with Gasteiger partial charge in [-0.1, -0.05) is 32.9 Å². The molecule has 11 atom stereocenters. The van der Waals surface area contributed by atoms with Gasteiger partial charge in [0, 0.05) is 32.0 Å². The molecule has 0 bridgehead atoms. The first-order chi connectivity index (χ1) is 26.3. The van der Waals surface area contributed by atoms with Gasteiger partial charge in [-0.05, 0) is 97.1 Å². The summed E-state index contributed by atoms with van der Waals surface area (Å²) in [6, 6.07) is 10.0. The molecule has 2 aliphatic rings. The summed E-state index contributed by atoms with van der Waals surface area (Å²) in [5.41, 5.74) is -1.26. The predicted molar refractivity (Wildman–Crippen MR) is 203 cm³/mol. The van der Waals surface area contributed by atoms with Crippen LogP contribution in [0.15, 0.2) is 48.5 Å². The maximum absolute atomic E-state index is 14.2. The lowest BCUT2D eigenvalue weighted by Crippen LogP contribution is -2.60. The molecule has 0 saturated carbocycles. The zero-order valence-corrected chi connectivity index (χ0v) is 34.2. The Hall–Kier alpha value is -3.82. The van der Waals surface area contributed by atoms with Crippen molar-refractivity contribution in [3.8, 4) is 0 Å².